The highest BCUT2D eigenvalue weighted by Crippen LogP contribution is 2.05. The first-order valence-corrected chi connectivity index (χ1v) is 4.40. The van der Waals surface area contributed by atoms with Gasteiger partial charge in [0, 0.05) is 6.42 Å². The fraction of sp³-hybridized carbons (Fsp3) is 0.778. The fourth-order valence-electron chi connectivity index (χ4n) is 1.02. The highest BCUT2D eigenvalue weighted by atomic mass is 16.5. The molecular weight excluding hydrogens is 170 g/mol. The molecule has 4 heteroatoms. The highest BCUT2D eigenvalue weighted by Gasteiger charge is 2.22. The minimum absolute atomic E-state index is 0.0281. The van der Waals surface area contributed by atoms with Crippen molar-refractivity contribution >= 4 is 11.9 Å². The minimum atomic E-state index is -0.555. The number of rotatable bonds is 4. The molecule has 0 aliphatic carbocycles. The predicted molar refractivity (Wildman–Crippen MR) is 49.5 cm³/mol. The molecule has 1 N–H and O–H groups in total. The van der Waals surface area contributed by atoms with Gasteiger partial charge in [0.2, 0.25) is 0 Å². The second kappa shape index (κ2) is 5.56. The lowest BCUT2D eigenvalue weighted by molar-refractivity contribution is -0.121. The predicted octanol–water partition coefficient (Wildman–Crippen LogP) is 1.35. The molecule has 0 aromatic rings. The summed E-state index contributed by atoms with van der Waals surface area (Å²) in [7, 11) is 1.28. The van der Waals surface area contributed by atoms with Gasteiger partial charge in [-0.25, -0.2) is 4.79 Å². The van der Waals surface area contributed by atoms with Gasteiger partial charge in [0.25, 0.3) is 0 Å². The Morgan fingerprint density at radius 3 is 2.23 bits per heavy atom. The van der Waals surface area contributed by atoms with E-state index in [9.17, 15) is 9.59 Å². The summed E-state index contributed by atoms with van der Waals surface area (Å²) >= 11 is 0. The summed E-state index contributed by atoms with van der Waals surface area (Å²) in [5, 5.41) is 2.51. The van der Waals surface area contributed by atoms with Crippen LogP contribution in [0.4, 0.5) is 4.79 Å². The number of carbonyl (C=O) groups excluding carboxylic acids is 2. The molecule has 1 amide bonds. The Morgan fingerprint density at radius 2 is 1.92 bits per heavy atom. The summed E-state index contributed by atoms with van der Waals surface area (Å²) in [6, 6.07) is -0.433. The molecule has 0 fully saturated rings. The normalized spacial score (nSPS) is 12.4. The molecule has 1 unspecified atom stereocenters. The first-order chi connectivity index (χ1) is 6.02. The first kappa shape index (κ1) is 11.9. The number of Topliss-reactive ketones (excluding diaryl/α,β-unsaturated/α-hetero) is 1. The van der Waals surface area contributed by atoms with Crippen LogP contribution in [-0.2, 0) is 9.53 Å². The number of ketones is 1. The van der Waals surface area contributed by atoms with Crippen molar-refractivity contribution in [1.82, 2.24) is 5.32 Å². The topological polar surface area (TPSA) is 55.4 Å². The summed E-state index contributed by atoms with van der Waals surface area (Å²) in [6.07, 6.45) is -0.132. The van der Waals surface area contributed by atoms with E-state index < -0.39 is 12.1 Å². The molecule has 0 aliphatic rings. The molecule has 76 valence electrons. The molecule has 0 heterocycles. The summed E-state index contributed by atoms with van der Waals surface area (Å²) in [6.45, 7) is 5.54. The average molecular weight is 187 g/mol. The number of amides is 1. The van der Waals surface area contributed by atoms with Crippen molar-refractivity contribution < 1.29 is 14.3 Å². The van der Waals surface area contributed by atoms with E-state index in [2.05, 4.69) is 10.1 Å². The quantitative estimate of drug-likeness (QED) is 0.722. The molecule has 0 aromatic heterocycles. The summed E-state index contributed by atoms with van der Waals surface area (Å²) in [5.41, 5.74) is 0. The number of hydrogen-bond donors (Lipinski definition) is 1. The van der Waals surface area contributed by atoms with E-state index >= 15 is 0 Å². The largest absolute Gasteiger partial charge is 0.453 e. The summed E-state index contributed by atoms with van der Waals surface area (Å²) in [5.74, 6) is 0.118. The number of nitrogens with one attached hydrogen (secondary N) is 1. The van der Waals surface area contributed by atoms with Crippen LogP contribution >= 0.6 is 0 Å². The highest BCUT2D eigenvalue weighted by molar-refractivity contribution is 5.87. The van der Waals surface area contributed by atoms with Gasteiger partial charge in [-0.1, -0.05) is 20.8 Å². The standard InChI is InChI=1S/C9H17NO3/c1-5-7(11)8(6(2)3)10-9(12)13-4/h6,8H,5H2,1-4H3,(H,10,12). The molecule has 0 spiro atoms. The van der Waals surface area contributed by atoms with Gasteiger partial charge in [0.1, 0.15) is 0 Å². The maximum Gasteiger partial charge on any atom is 0.407 e. The lowest BCUT2D eigenvalue weighted by Crippen LogP contribution is -2.44. The van der Waals surface area contributed by atoms with E-state index in [0.717, 1.165) is 0 Å². The Bertz CT molecular complexity index is 189. The Morgan fingerprint density at radius 1 is 1.38 bits per heavy atom. The summed E-state index contributed by atoms with van der Waals surface area (Å²) < 4.78 is 4.42. The Hall–Kier alpha value is -1.06. The lowest BCUT2D eigenvalue weighted by atomic mass is 9.99. The van der Waals surface area contributed by atoms with Crippen LogP contribution in [0.1, 0.15) is 27.2 Å². The van der Waals surface area contributed by atoms with Gasteiger partial charge < -0.3 is 10.1 Å². The van der Waals surface area contributed by atoms with E-state index in [1.165, 1.54) is 7.11 Å². The van der Waals surface area contributed by atoms with E-state index in [1.54, 1.807) is 6.92 Å². The minimum Gasteiger partial charge on any atom is -0.453 e. The van der Waals surface area contributed by atoms with Crippen LogP contribution < -0.4 is 5.32 Å². The zero-order chi connectivity index (χ0) is 10.4. The van der Waals surface area contributed by atoms with Gasteiger partial charge in [-0.2, -0.15) is 0 Å². The molecular formula is C9H17NO3. The van der Waals surface area contributed by atoms with Gasteiger partial charge in [0.15, 0.2) is 5.78 Å². The Balaban J connectivity index is 4.26. The van der Waals surface area contributed by atoms with Gasteiger partial charge >= 0.3 is 6.09 Å². The SMILES string of the molecule is CCC(=O)C(NC(=O)OC)C(C)C. The van der Waals surface area contributed by atoms with Crippen LogP contribution in [0.2, 0.25) is 0 Å². The molecule has 0 saturated heterocycles. The molecule has 0 saturated carbocycles. The van der Waals surface area contributed by atoms with Crippen molar-refractivity contribution in [2.24, 2.45) is 5.92 Å². The van der Waals surface area contributed by atoms with Gasteiger partial charge in [-0.3, -0.25) is 4.79 Å². The summed E-state index contributed by atoms with van der Waals surface area (Å²) in [4.78, 5) is 22.2. The maximum absolute atomic E-state index is 11.3. The molecule has 0 bridgehead atoms. The fourth-order valence-corrected chi connectivity index (χ4v) is 1.02. The average Bonchev–Trinajstić information content (AvgIpc) is 2.11. The Kier molecular flexibility index (Phi) is 5.11. The van der Waals surface area contributed by atoms with E-state index in [-0.39, 0.29) is 11.7 Å². The van der Waals surface area contributed by atoms with E-state index in [4.69, 9.17) is 0 Å². The maximum atomic E-state index is 11.3. The molecule has 0 rings (SSSR count). The van der Waals surface area contributed by atoms with Crippen LogP contribution in [0.3, 0.4) is 0 Å². The third kappa shape index (κ3) is 3.92. The molecule has 0 aromatic carbocycles. The third-order valence-corrected chi connectivity index (χ3v) is 1.82. The van der Waals surface area contributed by atoms with Gasteiger partial charge in [-0.15, -0.1) is 0 Å². The molecule has 1 atom stereocenters. The zero-order valence-electron chi connectivity index (χ0n) is 8.59. The first-order valence-electron chi connectivity index (χ1n) is 4.40. The van der Waals surface area contributed by atoms with E-state index in [0.29, 0.717) is 6.42 Å². The molecule has 13 heavy (non-hydrogen) atoms. The molecule has 0 radical (unpaired) electrons. The smallest absolute Gasteiger partial charge is 0.407 e. The lowest BCUT2D eigenvalue weighted by Gasteiger charge is -2.19. The number of ether oxygens (including phenoxy) is 1. The van der Waals surface area contributed by atoms with E-state index in [1.807, 2.05) is 13.8 Å². The molecule has 4 nitrogen and oxygen atoms in total. The van der Waals surface area contributed by atoms with Crippen LogP contribution in [0.5, 0.6) is 0 Å². The van der Waals surface area contributed by atoms with Crippen molar-refractivity contribution in [1.29, 1.82) is 0 Å². The number of alkyl carbamates (subject to hydrolysis) is 1. The second-order valence-electron chi connectivity index (χ2n) is 3.18. The van der Waals surface area contributed by atoms with Crippen molar-refractivity contribution in [2.75, 3.05) is 7.11 Å². The van der Waals surface area contributed by atoms with Crippen LogP contribution in [0, 0.1) is 5.92 Å². The van der Waals surface area contributed by atoms with Crippen molar-refractivity contribution in [3.63, 3.8) is 0 Å². The van der Waals surface area contributed by atoms with Gasteiger partial charge in [-0.05, 0) is 5.92 Å². The zero-order valence-corrected chi connectivity index (χ0v) is 8.59. The van der Waals surface area contributed by atoms with Crippen molar-refractivity contribution in [3.8, 4) is 0 Å². The van der Waals surface area contributed by atoms with Crippen molar-refractivity contribution in [2.45, 2.75) is 33.2 Å². The number of methoxy groups -OCH3 is 1. The Labute approximate surface area is 78.6 Å². The third-order valence-electron chi connectivity index (χ3n) is 1.82. The van der Waals surface area contributed by atoms with Crippen molar-refractivity contribution in [3.05, 3.63) is 0 Å². The van der Waals surface area contributed by atoms with Crippen LogP contribution in [0.25, 0.3) is 0 Å². The second-order valence-corrected chi connectivity index (χ2v) is 3.18. The number of hydrogen-bond acceptors (Lipinski definition) is 3. The number of carbonyl (C=O) groups is 2. The van der Waals surface area contributed by atoms with Crippen LogP contribution in [-0.4, -0.2) is 25.0 Å². The van der Waals surface area contributed by atoms with Crippen LogP contribution in [0.15, 0.2) is 0 Å². The monoisotopic (exact) mass is 187 g/mol. The molecule has 0 aliphatic heterocycles. The van der Waals surface area contributed by atoms with Gasteiger partial charge in [0.05, 0.1) is 13.2 Å².